The normalized spacial score (nSPS) is 32.8. The molecule has 0 aromatic heterocycles. The molecule has 0 aliphatic carbocycles. The summed E-state index contributed by atoms with van der Waals surface area (Å²) in [5.41, 5.74) is 0. The van der Waals surface area contributed by atoms with Crippen LogP contribution in [0.2, 0.25) is 0 Å². The van der Waals surface area contributed by atoms with Gasteiger partial charge in [-0.2, -0.15) is 39.5 Å². The number of ether oxygens (including phenoxy) is 2. The Balaban J connectivity index is 2.43. The van der Waals surface area contributed by atoms with Gasteiger partial charge in [-0.25, -0.2) is 0 Å². The summed E-state index contributed by atoms with van der Waals surface area (Å²) in [5, 5.41) is 0. The first-order chi connectivity index (χ1) is 10.2. The summed E-state index contributed by atoms with van der Waals surface area (Å²) in [6.45, 7) is -1.82. The summed E-state index contributed by atoms with van der Waals surface area (Å²) in [4.78, 5) is 11.6. The minimum Gasteiger partial charge on any atom is -0.378 e. The van der Waals surface area contributed by atoms with Crippen LogP contribution >= 0.6 is 0 Å². The number of hydrogen-bond donors (Lipinski definition) is 0. The number of rotatable bonds is 2. The molecule has 23 heavy (non-hydrogen) atoms. The summed E-state index contributed by atoms with van der Waals surface area (Å²) in [5.74, 6) is -28.1. The lowest BCUT2D eigenvalue weighted by atomic mass is 9.99. The maximum absolute atomic E-state index is 13.9. The van der Waals surface area contributed by atoms with Gasteiger partial charge in [0.1, 0.15) is 0 Å². The fourth-order valence-electron chi connectivity index (χ4n) is 2.05. The number of morpholine rings is 1. The first-order valence-corrected chi connectivity index (χ1v) is 6.00. The SMILES string of the molecule is O=C(N1CCOCC1)C(F)(F)[C@]1(F)OC(F)(F)C(F)(F)C1(F)F. The van der Waals surface area contributed by atoms with Gasteiger partial charge in [-0.1, -0.05) is 0 Å². The van der Waals surface area contributed by atoms with Crippen molar-refractivity contribution in [1.29, 1.82) is 0 Å². The minimum atomic E-state index is -6.66. The highest BCUT2D eigenvalue weighted by Crippen LogP contribution is 2.64. The van der Waals surface area contributed by atoms with Crippen LogP contribution in [0.15, 0.2) is 0 Å². The topological polar surface area (TPSA) is 38.8 Å². The second-order valence-corrected chi connectivity index (χ2v) is 4.84. The number of alkyl halides is 9. The van der Waals surface area contributed by atoms with Gasteiger partial charge >= 0.3 is 29.7 Å². The van der Waals surface area contributed by atoms with Gasteiger partial charge in [0, 0.05) is 13.1 Å². The van der Waals surface area contributed by atoms with Crippen LogP contribution in [-0.2, 0) is 14.3 Å². The fourth-order valence-corrected chi connectivity index (χ4v) is 2.05. The number of hydrogen-bond acceptors (Lipinski definition) is 3. The zero-order valence-electron chi connectivity index (χ0n) is 10.9. The molecule has 2 aliphatic heterocycles. The second kappa shape index (κ2) is 4.88. The molecular weight excluding hydrogens is 353 g/mol. The van der Waals surface area contributed by atoms with Crippen molar-refractivity contribution in [2.45, 2.75) is 29.7 Å². The van der Waals surface area contributed by atoms with Crippen LogP contribution in [-0.4, -0.2) is 66.8 Å². The van der Waals surface area contributed by atoms with Crippen molar-refractivity contribution in [2.24, 2.45) is 0 Å². The maximum atomic E-state index is 13.9. The van der Waals surface area contributed by atoms with Crippen molar-refractivity contribution in [3.63, 3.8) is 0 Å². The zero-order chi connectivity index (χ0) is 17.9. The first kappa shape index (κ1) is 18.1. The van der Waals surface area contributed by atoms with Crippen molar-refractivity contribution in [3.8, 4) is 0 Å². The van der Waals surface area contributed by atoms with Crippen LogP contribution in [0, 0.1) is 0 Å². The van der Waals surface area contributed by atoms with Gasteiger partial charge in [-0.15, -0.1) is 0 Å². The van der Waals surface area contributed by atoms with E-state index in [2.05, 4.69) is 9.47 Å². The molecule has 2 rings (SSSR count). The molecular formula is C10H8F9NO3. The predicted molar refractivity (Wildman–Crippen MR) is 52.1 cm³/mol. The third-order valence-electron chi connectivity index (χ3n) is 3.40. The number of carbonyl (C=O) groups is 1. The molecule has 0 unspecified atom stereocenters. The van der Waals surface area contributed by atoms with Gasteiger partial charge in [-0.05, 0) is 0 Å². The quantitative estimate of drug-likeness (QED) is 0.707. The summed E-state index contributed by atoms with van der Waals surface area (Å²) in [6.07, 6.45) is -6.24. The van der Waals surface area contributed by atoms with E-state index in [0.717, 1.165) is 0 Å². The van der Waals surface area contributed by atoms with Gasteiger partial charge in [0.2, 0.25) is 0 Å². The predicted octanol–water partition coefficient (Wildman–Crippen LogP) is 2.04. The lowest BCUT2D eigenvalue weighted by Crippen LogP contribution is -2.65. The highest BCUT2D eigenvalue weighted by atomic mass is 19.4. The van der Waals surface area contributed by atoms with Crippen LogP contribution < -0.4 is 0 Å². The van der Waals surface area contributed by atoms with E-state index in [0.29, 0.717) is 0 Å². The maximum Gasteiger partial charge on any atom is 0.428 e. The van der Waals surface area contributed by atoms with E-state index in [9.17, 15) is 44.3 Å². The summed E-state index contributed by atoms with van der Waals surface area (Å²) >= 11 is 0. The standard InChI is InChI=1S/C10H8F9NO3/c11-6(12,5(21)20-1-3-22-4-2-20)9(17)7(13,14)8(15,16)10(18,19)23-9/h1-4H2/t9-/m0/s1. The Morgan fingerprint density at radius 2 is 1.39 bits per heavy atom. The van der Waals surface area contributed by atoms with E-state index in [1.54, 1.807) is 0 Å². The number of carbonyl (C=O) groups excluding carboxylic acids is 1. The van der Waals surface area contributed by atoms with Crippen LogP contribution in [0.1, 0.15) is 0 Å². The molecule has 0 spiro atoms. The molecule has 0 aromatic carbocycles. The Bertz CT molecular complexity index is 506. The van der Waals surface area contributed by atoms with Crippen LogP contribution in [0.5, 0.6) is 0 Å². The van der Waals surface area contributed by atoms with Crippen LogP contribution in [0.4, 0.5) is 39.5 Å². The molecule has 134 valence electrons. The van der Waals surface area contributed by atoms with Crippen molar-refractivity contribution in [2.75, 3.05) is 26.3 Å². The molecule has 2 heterocycles. The minimum absolute atomic E-state index is 0.124. The lowest BCUT2D eigenvalue weighted by Gasteiger charge is -2.36. The third-order valence-corrected chi connectivity index (χ3v) is 3.40. The van der Waals surface area contributed by atoms with Gasteiger partial charge in [0.15, 0.2) is 0 Å². The molecule has 2 saturated heterocycles. The highest BCUT2D eigenvalue weighted by molar-refractivity contribution is 5.85. The van der Waals surface area contributed by atoms with Crippen LogP contribution in [0.25, 0.3) is 0 Å². The molecule has 1 atom stereocenters. The van der Waals surface area contributed by atoms with Crippen molar-refractivity contribution in [1.82, 2.24) is 4.90 Å². The van der Waals surface area contributed by atoms with Gasteiger partial charge in [0.25, 0.3) is 5.91 Å². The summed E-state index contributed by atoms with van der Waals surface area (Å²) < 4.78 is 126. The number of amides is 1. The molecule has 0 aromatic rings. The lowest BCUT2D eigenvalue weighted by molar-refractivity contribution is -0.368. The number of halogens is 9. The second-order valence-electron chi connectivity index (χ2n) is 4.84. The summed E-state index contributed by atoms with van der Waals surface area (Å²) in [6, 6.07) is 0. The summed E-state index contributed by atoms with van der Waals surface area (Å²) in [7, 11) is 0. The molecule has 0 N–H and O–H groups in total. The Labute approximate surface area is 122 Å². The van der Waals surface area contributed by atoms with E-state index in [1.165, 1.54) is 0 Å². The molecule has 0 radical (unpaired) electrons. The van der Waals surface area contributed by atoms with Gasteiger partial charge in [0.05, 0.1) is 13.2 Å². The van der Waals surface area contributed by atoms with Gasteiger partial charge in [-0.3, -0.25) is 9.53 Å². The Morgan fingerprint density at radius 1 is 0.913 bits per heavy atom. The Morgan fingerprint density at radius 3 is 1.78 bits per heavy atom. The molecule has 2 aliphatic rings. The van der Waals surface area contributed by atoms with Gasteiger partial charge < -0.3 is 9.64 Å². The molecule has 4 nitrogen and oxygen atoms in total. The first-order valence-electron chi connectivity index (χ1n) is 6.00. The highest BCUT2D eigenvalue weighted by Gasteiger charge is 2.96. The Kier molecular flexibility index (Phi) is 3.84. The third kappa shape index (κ3) is 2.12. The average molecular weight is 361 g/mol. The zero-order valence-corrected chi connectivity index (χ0v) is 10.9. The van der Waals surface area contributed by atoms with E-state index in [-0.39, 0.29) is 18.1 Å². The van der Waals surface area contributed by atoms with E-state index in [4.69, 9.17) is 0 Å². The van der Waals surface area contributed by atoms with Crippen molar-refractivity contribution >= 4 is 5.91 Å². The molecule has 0 saturated carbocycles. The van der Waals surface area contributed by atoms with Crippen molar-refractivity contribution in [3.05, 3.63) is 0 Å². The molecule has 0 bridgehead atoms. The van der Waals surface area contributed by atoms with Crippen molar-refractivity contribution < 1.29 is 53.8 Å². The Hall–Kier alpha value is -1.24. The van der Waals surface area contributed by atoms with Crippen LogP contribution in [0.3, 0.4) is 0 Å². The average Bonchev–Trinajstić information content (AvgIpc) is 2.55. The molecule has 13 heteroatoms. The molecule has 2 fully saturated rings. The fraction of sp³-hybridized carbons (Fsp3) is 0.900. The van der Waals surface area contributed by atoms with E-state index >= 15 is 0 Å². The smallest absolute Gasteiger partial charge is 0.378 e. The monoisotopic (exact) mass is 361 g/mol. The van der Waals surface area contributed by atoms with E-state index < -0.39 is 48.7 Å². The number of nitrogens with zero attached hydrogens (tertiary/aromatic N) is 1. The van der Waals surface area contributed by atoms with E-state index in [1.807, 2.05) is 0 Å². The molecule has 1 amide bonds. The largest absolute Gasteiger partial charge is 0.428 e.